The molecule has 0 bridgehead atoms. The van der Waals surface area contributed by atoms with Crippen LogP contribution in [-0.4, -0.2) is 0 Å². The molecule has 0 unspecified atom stereocenters. The van der Waals surface area contributed by atoms with Crippen molar-refractivity contribution in [2.24, 2.45) is 5.41 Å². The van der Waals surface area contributed by atoms with E-state index in [0.29, 0.717) is 5.41 Å². The fourth-order valence-electron chi connectivity index (χ4n) is 1.06. The summed E-state index contributed by atoms with van der Waals surface area (Å²) < 4.78 is 0. The summed E-state index contributed by atoms with van der Waals surface area (Å²) in [4.78, 5) is 0. The second-order valence-electron chi connectivity index (χ2n) is 5.02. The molecule has 0 nitrogen and oxygen atoms in total. The maximum absolute atomic E-state index is 2.29. The Kier molecular flexibility index (Phi) is 12.0. The van der Waals surface area contributed by atoms with Crippen molar-refractivity contribution in [3.8, 4) is 0 Å². The van der Waals surface area contributed by atoms with Crippen molar-refractivity contribution in [2.45, 2.75) is 80.1 Å². The summed E-state index contributed by atoms with van der Waals surface area (Å²) in [6, 6.07) is 0. The first kappa shape index (κ1) is 15.5. The van der Waals surface area contributed by atoms with Gasteiger partial charge in [-0.1, -0.05) is 73.6 Å². The predicted octanol–water partition coefficient (Wildman–Crippen LogP) is 5.42. The van der Waals surface area contributed by atoms with Crippen LogP contribution in [0.3, 0.4) is 0 Å². The summed E-state index contributed by atoms with van der Waals surface area (Å²) >= 11 is 0. The lowest BCUT2D eigenvalue weighted by Crippen LogP contribution is -2.03. The molecule has 0 N–H and O–H groups in total. The molecule has 0 atom stereocenters. The molecule has 82 valence electrons. The zero-order valence-corrected chi connectivity index (χ0v) is 10.7. The predicted molar refractivity (Wildman–Crippen MR) is 64.2 cm³/mol. The molecule has 0 amide bonds. The largest absolute Gasteiger partial charge is 0.0654 e. The Morgan fingerprint density at radius 1 is 0.692 bits per heavy atom. The minimum absolute atomic E-state index is 0.552. The normalized spacial score (nSPS) is 10.6. The summed E-state index contributed by atoms with van der Waals surface area (Å²) in [6.45, 7) is 13.5. The lowest BCUT2D eigenvalue weighted by molar-refractivity contribution is 0.363. The quantitative estimate of drug-likeness (QED) is 0.550. The van der Waals surface area contributed by atoms with Gasteiger partial charge in [-0.3, -0.25) is 0 Å². The van der Waals surface area contributed by atoms with Crippen LogP contribution in [-0.2, 0) is 0 Å². The first-order valence-electron chi connectivity index (χ1n) is 5.97. The van der Waals surface area contributed by atoms with Crippen LogP contribution in [0.4, 0.5) is 0 Å². The van der Waals surface area contributed by atoms with Gasteiger partial charge in [-0.25, -0.2) is 0 Å². The lowest BCUT2D eigenvalue weighted by atomic mass is 9.90. The fourth-order valence-corrected chi connectivity index (χ4v) is 1.06. The van der Waals surface area contributed by atoms with Crippen LogP contribution in [0.1, 0.15) is 80.1 Å². The van der Waals surface area contributed by atoms with Crippen molar-refractivity contribution in [3.05, 3.63) is 0 Å². The van der Waals surface area contributed by atoms with E-state index in [4.69, 9.17) is 0 Å². The summed E-state index contributed by atoms with van der Waals surface area (Å²) in [5.74, 6) is 0. The van der Waals surface area contributed by atoms with Gasteiger partial charge in [-0.15, -0.1) is 0 Å². The van der Waals surface area contributed by atoms with E-state index in [2.05, 4.69) is 41.5 Å². The van der Waals surface area contributed by atoms with E-state index >= 15 is 0 Å². The van der Waals surface area contributed by atoms with Gasteiger partial charge < -0.3 is 0 Å². The van der Waals surface area contributed by atoms with Crippen LogP contribution in [0.2, 0.25) is 0 Å². The van der Waals surface area contributed by atoms with Crippen LogP contribution >= 0.6 is 0 Å². The molecule has 0 saturated heterocycles. The highest BCUT2D eigenvalue weighted by molar-refractivity contribution is 4.59. The average molecular weight is 186 g/mol. The molecule has 0 rings (SSSR count). The molecule has 0 aromatic carbocycles. The SMILES string of the molecule is CCCCC.CCCCC(C)(C)C. The third kappa shape index (κ3) is 24.5. The number of rotatable bonds is 4. The lowest BCUT2D eigenvalue weighted by Gasteiger charge is -2.16. The maximum Gasteiger partial charge on any atom is -0.0383 e. The molecule has 0 aliphatic carbocycles. The molecule has 0 radical (unpaired) electrons. The van der Waals surface area contributed by atoms with Gasteiger partial charge in [0.1, 0.15) is 0 Å². The van der Waals surface area contributed by atoms with Crippen molar-refractivity contribution in [1.82, 2.24) is 0 Å². The van der Waals surface area contributed by atoms with Crippen LogP contribution in [0.15, 0.2) is 0 Å². The van der Waals surface area contributed by atoms with Crippen LogP contribution in [0, 0.1) is 5.41 Å². The zero-order valence-electron chi connectivity index (χ0n) is 10.7. The smallest absolute Gasteiger partial charge is 0.0383 e. The van der Waals surface area contributed by atoms with Gasteiger partial charge in [0.15, 0.2) is 0 Å². The Hall–Kier alpha value is 0. The highest BCUT2D eigenvalue weighted by Crippen LogP contribution is 2.20. The van der Waals surface area contributed by atoms with Gasteiger partial charge in [0.2, 0.25) is 0 Å². The van der Waals surface area contributed by atoms with Crippen molar-refractivity contribution >= 4 is 0 Å². The molecule has 0 aromatic heterocycles. The second kappa shape index (κ2) is 10.1. The Morgan fingerprint density at radius 3 is 1.15 bits per heavy atom. The van der Waals surface area contributed by atoms with Gasteiger partial charge in [0.25, 0.3) is 0 Å². The van der Waals surface area contributed by atoms with Crippen LogP contribution in [0.5, 0.6) is 0 Å². The van der Waals surface area contributed by atoms with Crippen molar-refractivity contribution in [1.29, 1.82) is 0 Å². The Morgan fingerprint density at radius 2 is 1.08 bits per heavy atom. The molecule has 0 aliphatic rings. The van der Waals surface area contributed by atoms with Gasteiger partial charge in [0.05, 0.1) is 0 Å². The summed E-state index contributed by atoms with van der Waals surface area (Å²) in [7, 11) is 0. The standard InChI is InChI=1S/C8H18.C5H12/c1-5-6-7-8(2,3)4;1-3-5-4-2/h5-7H2,1-4H3;3-5H2,1-2H3. The molecule has 0 saturated carbocycles. The molecule has 13 heavy (non-hydrogen) atoms. The molecule has 0 heterocycles. The molecule has 0 aliphatic heterocycles. The van der Waals surface area contributed by atoms with E-state index in [1.165, 1.54) is 38.5 Å². The average Bonchev–Trinajstić information content (AvgIpc) is 2.02. The zero-order chi connectivity index (χ0) is 10.7. The Bertz CT molecular complexity index is 74.5. The minimum Gasteiger partial charge on any atom is -0.0654 e. The Balaban J connectivity index is 0. The third-order valence-corrected chi connectivity index (χ3v) is 1.99. The van der Waals surface area contributed by atoms with E-state index in [1.807, 2.05) is 0 Å². The van der Waals surface area contributed by atoms with Crippen molar-refractivity contribution < 1.29 is 0 Å². The number of unbranched alkanes of at least 4 members (excludes halogenated alkanes) is 3. The molecule has 0 spiro atoms. The topological polar surface area (TPSA) is 0 Å². The van der Waals surface area contributed by atoms with Gasteiger partial charge in [-0.2, -0.15) is 0 Å². The third-order valence-electron chi connectivity index (χ3n) is 1.99. The number of hydrogen-bond acceptors (Lipinski definition) is 0. The van der Waals surface area contributed by atoms with Gasteiger partial charge >= 0.3 is 0 Å². The molecular formula is C13H30. The minimum atomic E-state index is 0.552. The highest BCUT2D eigenvalue weighted by atomic mass is 14.1. The highest BCUT2D eigenvalue weighted by Gasteiger charge is 2.07. The number of hydrogen-bond donors (Lipinski definition) is 0. The molecule has 0 fully saturated rings. The van der Waals surface area contributed by atoms with E-state index < -0.39 is 0 Å². The fraction of sp³-hybridized carbons (Fsp3) is 1.00. The molecular weight excluding hydrogens is 156 g/mol. The molecule has 0 heteroatoms. The van der Waals surface area contributed by atoms with Crippen molar-refractivity contribution in [3.63, 3.8) is 0 Å². The summed E-state index contributed by atoms with van der Waals surface area (Å²) in [6.07, 6.45) is 8.15. The van der Waals surface area contributed by atoms with E-state index in [-0.39, 0.29) is 0 Å². The molecule has 0 aromatic rings. The van der Waals surface area contributed by atoms with E-state index in [1.54, 1.807) is 0 Å². The summed E-state index contributed by atoms with van der Waals surface area (Å²) in [5.41, 5.74) is 0.552. The van der Waals surface area contributed by atoms with Crippen LogP contribution < -0.4 is 0 Å². The Labute approximate surface area is 86.1 Å². The first-order chi connectivity index (χ1) is 5.97. The second-order valence-corrected chi connectivity index (χ2v) is 5.02. The maximum atomic E-state index is 2.29. The first-order valence-corrected chi connectivity index (χ1v) is 5.97. The van der Waals surface area contributed by atoms with Gasteiger partial charge in [-0.05, 0) is 11.8 Å². The van der Waals surface area contributed by atoms with Crippen molar-refractivity contribution in [2.75, 3.05) is 0 Å². The monoisotopic (exact) mass is 186 g/mol. The summed E-state index contributed by atoms with van der Waals surface area (Å²) in [5, 5.41) is 0. The van der Waals surface area contributed by atoms with E-state index in [9.17, 15) is 0 Å². The van der Waals surface area contributed by atoms with Gasteiger partial charge in [0, 0.05) is 0 Å². The van der Waals surface area contributed by atoms with Crippen LogP contribution in [0.25, 0.3) is 0 Å². The van der Waals surface area contributed by atoms with E-state index in [0.717, 1.165) is 0 Å².